The van der Waals surface area contributed by atoms with Crippen LogP contribution in [0.25, 0.3) is 0 Å². The number of carboxylic acids is 1. The van der Waals surface area contributed by atoms with Gasteiger partial charge in [0, 0.05) is 4.47 Å². The second-order valence-corrected chi connectivity index (χ2v) is 4.68. The fraction of sp³-hybridized carbons (Fsp3) is 0.0769. The van der Waals surface area contributed by atoms with E-state index in [2.05, 4.69) is 20.9 Å². The zero-order chi connectivity index (χ0) is 14.0. The minimum Gasteiger partial charge on any atom is -0.477 e. The molecule has 19 heavy (non-hydrogen) atoms. The number of carbonyl (C=O) groups is 1. The maximum absolute atomic E-state index is 13.0. The minimum atomic E-state index is -1.30. The Hall–Kier alpha value is -1.95. The van der Waals surface area contributed by atoms with Crippen molar-refractivity contribution in [2.24, 2.45) is 0 Å². The first-order chi connectivity index (χ1) is 8.97. The molecule has 98 valence electrons. The molecule has 2 rings (SSSR count). The number of aromatic nitrogens is 1. The molecule has 0 unspecified atom stereocenters. The van der Waals surface area contributed by atoms with Crippen molar-refractivity contribution in [3.63, 3.8) is 0 Å². The molecule has 6 heteroatoms. The summed E-state index contributed by atoms with van der Waals surface area (Å²) in [5.74, 6) is -1.73. The van der Waals surface area contributed by atoms with Crippen molar-refractivity contribution in [1.82, 2.24) is 4.98 Å². The van der Waals surface area contributed by atoms with Crippen molar-refractivity contribution in [2.75, 3.05) is 0 Å². The van der Waals surface area contributed by atoms with E-state index in [1.54, 1.807) is 18.2 Å². The van der Waals surface area contributed by atoms with Gasteiger partial charge in [-0.15, -0.1) is 0 Å². The topological polar surface area (TPSA) is 59.4 Å². The van der Waals surface area contributed by atoms with E-state index in [-0.39, 0.29) is 11.4 Å². The SMILES string of the molecule is Cc1cc(Oc2ncc(F)cc2C(=O)O)ccc1Br. The maximum Gasteiger partial charge on any atom is 0.341 e. The zero-order valence-electron chi connectivity index (χ0n) is 9.85. The lowest BCUT2D eigenvalue weighted by atomic mass is 10.2. The third-order valence-electron chi connectivity index (χ3n) is 2.39. The summed E-state index contributed by atoms with van der Waals surface area (Å²) < 4.78 is 19.3. The highest BCUT2D eigenvalue weighted by molar-refractivity contribution is 9.10. The summed E-state index contributed by atoms with van der Waals surface area (Å²) in [7, 11) is 0. The molecule has 1 aromatic carbocycles. The molecular formula is C13H9BrFNO3. The number of halogens is 2. The largest absolute Gasteiger partial charge is 0.477 e. The molecule has 0 fully saturated rings. The molecule has 1 aromatic heterocycles. The molecule has 0 aliphatic heterocycles. The summed E-state index contributed by atoms with van der Waals surface area (Å²) in [6.07, 6.45) is 0.910. The van der Waals surface area contributed by atoms with Crippen LogP contribution < -0.4 is 4.74 Å². The Labute approximate surface area is 117 Å². The van der Waals surface area contributed by atoms with Crippen molar-refractivity contribution in [3.8, 4) is 11.6 Å². The predicted molar refractivity (Wildman–Crippen MR) is 70.1 cm³/mol. The van der Waals surface area contributed by atoms with Gasteiger partial charge < -0.3 is 9.84 Å². The first kappa shape index (κ1) is 13.5. The van der Waals surface area contributed by atoms with Crippen LogP contribution in [0.3, 0.4) is 0 Å². The Kier molecular flexibility index (Phi) is 3.80. The van der Waals surface area contributed by atoms with E-state index >= 15 is 0 Å². The summed E-state index contributed by atoms with van der Waals surface area (Å²) in [5.41, 5.74) is 0.608. The summed E-state index contributed by atoms with van der Waals surface area (Å²) in [5, 5.41) is 8.97. The number of aryl methyl sites for hydroxylation is 1. The molecular weight excluding hydrogens is 317 g/mol. The molecule has 0 amide bonds. The minimum absolute atomic E-state index is 0.143. The van der Waals surface area contributed by atoms with Gasteiger partial charge in [0.1, 0.15) is 17.1 Å². The Morgan fingerprint density at radius 2 is 2.16 bits per heavy atom. The molecule has 0 aliphatic rings. The van der Waals surface area contributed by atoms with Gasteiger partial charge in [0.15, 0.2) is 0 Å². The number of hydrogen-bond acceptors (Lipinski definition) is 3. The van der Waals surface area contributed by atoms with Crippen LogP contribution in [0.4, 0.5) is 4.39 Å². The number of benzene rings is 1. The highest BCUT2D eigenvalue weighted by atomic mass is 79.9. The lowest BCUT2D eigenvalue weighted by molar-refractivity contribution is 0.0692. The molecule has 0 bridgehead atoms. The van der Waals surface area contributed by atoms with Gasteiger partial charge in [0.2, 0.25) is 5.88 Å². The molecule has 0 spiro atoms. The van der Waals surface area contributed by atoms with E-state index in [1.807, 2.05) is 6.92 Å². The van der Waals surface area contributed by atoms with E-state index in [0.717, 1.165) is 22.3 Å². The van der Waals surface area contributed by atoms with E-state index in [9.17, 15) is 9.18 Å². The Balaban J connectivity index is 2.37. The normalized spacial score (nSPS) is 10.3. The van der Waals surface area contributed by atoms with Crippen LogP contribution in [0.15, 0.2) is 34.9 Å². The van der Waals surface area contributed by atoms with Gasteiger partial charge in [-0.1, -0.05) is 15.9 Å². The van der Waals surface area contributed by atoms with Gasteiger partial charge in [0.05, 0.1) is 6.20 Å². The van der Waals surface area contributed by atoms with E-state index in [0.29, 0.717) is 5.75 Å². The average molecular weight is 326 g/mol. The smallest absolute Gasteiger partial charge is 0.341 e. The zero-order valence-corrected chi connectivity index (χ0v) is 11.4. The van der Waals surface area contributed by atoms with Gasteiger partial charge in [-0.2, -0.15) is 0 Å². The monoisotopic (exact) mass is 325 g/mol. The molecule has 0 radical (unpaired) electrons. The van der Waals surface area contributed by atoms with Crippen LogP contribution in [0.1, 0.15) is 15.9 Å². The summed E-state index contributed by atoms with van der Waals surface area (Å²) in [6.45, 7) is 1.87. The Bertz CT molecular complexity index is 646. The molecule has 2 aromatic rings. The van der Waals surface area contributed by atoms with Crippen molar-refractivity contribution in [2.45, 2.75) is 6.92 Å². The van der Waals surface area contributed by atoms with Gasteiger partial charge >= 0.3 is 5.97 Å². The van der Waals surface area contributed by atoms with E-state index < -0.39 is 11.8 Å². The molecule has 0 saturated carbocycles. The first-order valence-electron chi connectivity index (χ1n) is 5.30. The van der Waals surface area contributed by atoms with Crippen LogP contribution >= 0.6 is 15.9 Å². The summed E-state index contributed by atoms with van der Waals surface area (Å²) in [6, 6.07) is 6.03. The predicted octanol–water partition coefficient (Wildman–Crippen LogP) is 3.78. The van der Waals surface area contributed by atoms with Gasteiger partial charge in [-0.05, 0) is 36.8 Å². The van der Waals surface area contributed by atoms with E-state index in [1.165, 1.54) is 0 Å². The molecule has 1 heterocycles. The van der Waals surface area contributed by atoms with Gasteiger partial charge in [-0.3, -0.25) is 0 Å². The fourth-order valence-electron chi connectivity index (χ4n) is 1.45. The standard InChI is InChI=1S/C13H9BrFNO3/c1-7-4-9(2-3-11(7)14)19-12-10(13(17)18)5-8(15)6-16-12/h2-6H,1H3,(H,17,18). The van der Waals surface area contributed by atoms with Crippen molar-refractivity contribution in [3.05, 3.63) is 51.9 Å². The number of aromatic carboxylic acids is 1. The highest BCUT2D eigenvalue weighted by Gasteiger charge is 2.15. The average Bonchev–Trinajstić information content (AvgIpc) is 2.36. The van der Waals surface area contributed by atoms with Crippen molar-refractivity contribution >= 4 is 21.9 Å². The second-order valence-electron chi connectivity index (χ2n) is 3.82. The van der Waals surface area contributed by atoms with Crippen molar-refractivity contribution in [1.29, 1.82) is 0 Å². The van der Waals surface area contributed by atoms with Gasteiger partial charge in [0.25, 0.3) is 0 Å². The molecule has 0 aliphatic carbocycles. The van der Waals surface area contributed by atoms with E-state index in [4.69, 9.17) is 9.84 Å². The molecule has 4 nitrogen and oxygen atoms in total. The number of nitrogens with zero attached hydrogens (tertiary/aromatic N) is 1. The van der Waals surface area contributed by atoms with Crippen LogP contribution in [0.2, 0.25) is 0 Å². The number of pyridine rings is 1. The van der Waals surface area contributed by atoms with Crippen LogP contribution in [0, 0.1) is 12.7 Å². The lowest BCUT2D eigenvalue weighted by Gasteiger charge is -2.08. The number of rotatable bonds is 3. The second kappa shape index (κ2) is 5.36. The Morgan fingerprint density at radius 3 is 2.79 bits per heavy atom. The quantitative estimate of drug-likeness (QED) is 0.932. The molecule has 1 N–H and O–H groups in total. The number of hydrogen-bond donors (Lipinski definition) is 1. The summed E-state index contributed by atoms with van der Waals surface area (Å²) >= 11 is 3.35. The van der Waals surface area contributed by atoms with Gasteiger partial charge in [-0.25, -0.2) is 14.2 Å². The molecule has 0 atom stereocenters. The van der Waals surface area contributed by atoms with Crippen LogP contribution in [0.5, 0.6) is 11.6 Å². The number of carboxylic acid groups (broad SMARTS) is 1. The molecule has 0 saturated heterocycles. The maximum atomic E-state index is 13.0. The van der Waals surface area contributed by atoms with Crippen molar-refractivity contribution < 1.29 is 19.0 Å². The van der Waals surface area contributed by atoms with Crippen LogP contribution in [-0.4, -0.2) is 16.1 Å². The van der Waals surface area contributed by atoms with Crippen LogP contribution in [-0.2, 0) is 0 Å². The third-order valence-corrected chi connectivity index (χ3v) is 3.28. The Morgan fingerprint density at radius 1 is 1.42 bits per heavy atom. The first-order valence-corrected chi connectivity index (χ1v) is 6.09. The number of ether oxygens (including phenoxy) is 1. The summed E-state index contributed by atoms with van der Waals surface area (Å²) in [4.78, 5) is 14.6. The third kappa shape index (κ3) is 3.08. The lowest BCUT2D eigenvalue weighted by Crippen LogP contribution is -2.03. The highest BCUT2D eigenvalue weighted by Crippen LogP contribution is 2.27. The fourth-order valence-corrected chi connectivity index (χ4v) is 1.70.